The highest BCUT2D eigenvalue weighted by atomic mass is 19.1. The number of benzene rings is 1. The van der Waals surface area contributed by atoms with Crippen molar-refractivity contribution in [3.8, 4) is 11.1 Å². The Labute approximate surface area is 160 Å². The molecule has 1 aliphatic rings. The Morgan fingerprint density at radius 3 is 2.89 bits per heavy atom. The second kappa shape index (κ2) is 6.02. The van der Waals surface area contributed by atoms with E-state index in [-0.39, 0.29) is 17.8 Å². The molecule has 0 saturated carbocycles. The maximum atomic E-state index is 13.7. The standard InChI is InChI=1S/C21H18FN5O/c1-13-9-16(4-5-18(13)22)26-11-14(2)27-20(21(26)28)17(10-24-27)15-3-6-19-23-7-8-25(19)12-15/h3-10,12,14H,11H2,1-2H3/t14-/m0/s1. The third kappa shape index (κ3) is 2.43. The fraction of sp³-hybridized carbons (Fsp3) is 0.190. The number of pyridine rings is 1. The molecule has 0 N–H and O–H groups in total. The lowest BCUT2D eigenvalue weighted by atomic mass is 10.0. The minimum atomic E-state index is -0.277. The molecule has 1 aromatic carbocycles. The second-order valence-corrected chi connectivity index (χ2v) is 7.16. The van der Waals surface area contributed by atoms with Crippen molar-refractivity contribution >= 4 is 17.2 Å². The molecule has 1 amide bonds. The number of nitrogens with zero attached hydrogens (tertiary/aromatic N) is 5. The van der Waals surface area contributed by atoms with Gasteiger partial charge in [0.2, 0.25) is 0 Å². The molecule has 28 heavy (non-hydrogen) atoms. The lowest BCUT2D eigenvalue weighted by molar-refractivity contribution is 0.0954. The van der Waals surface area contributed by atoms with Crippen molar-refractivity contribution in [3.05, 3.63) is 72.2 Å². The van der Waals surface area contributed by atoms with Gasteiger partial charge in [0, 0.05) is 41.9 Å². The van der Waals surface area contributed by atoms with Crippen LogP contribution in [0.2, 0.25) is 0 Å². The van der Waals surface area contributed by atoms with Crippen LogP contribution in [0.1, 0.15) is 29.0 Å². The number of hydrogen-bond donors (Lipinski definition) is 0. The van der Waals surface area contributed by atoms with Crippen molar-refractivity contribution in [2.75, 3.05) is 11.4 Å². The molecule has 3 aromatic heterocycles. The van der Waals surface area contributed by atoms with E-state index in [1.807, 2.05) is 35.9 Å². The van der Waals surface area contributed by atoms with Gasteiger partial charge < -0.3 is 9.30 Å². The number of rotatable bonds is 2. The Morgan fingerprint density at radius 2 is 2.07 bits per heavy atom. The number of fused-ring (bicyclic) bond motifs is 2. The molecule has 0 spiro atoms. The van der Waals surface area contributed by atoms with E-state index in [4.69, 9.17) is 0 Å². The van der Waals surface area contributed by atoms with Crippen LogP contribution in [-0.2, 0) is 0 Å². The van der Waals surface area contributed by atoms with Crippen LogP contribution < -0.4 is 4.90 Å². The quantitative estimate of drug-likeness (QED) is 0.534. The summed E-state index contributed by atoms with van der Waals surface area (Å²) in [4.78, 5) is 19.3. The Bertz CT molecular complexity index is 1220. The van der Waals surface area contributed by atoms with Crippen molar-refractivity contribution < 1.29 is 9.18 Å². The highest BCUT2D eigenvalue weighted by Crippen LogP contribution is 2.33. The smallest absolute Gasteiger partial charge is 0.277 e. The molecular formula is C21H18FN5O. The number of imidazole rings is 1. The molecular weight excluding hydrogens is 357 g/mol. The van der Waals surface area contributed by atoms with Crippen molar-refractivity contribution in [2.24, 2.45) is 0 Å². The Morgan fingerprint density at radius 1 is 1.21 bits per heavy atom. The summed E-state index contributed by atoms with van der Waals surface area (Å²) in [5, 5.41) is 4.48. The predicted octanol–water partition coefficient (Wildman–Crippen LogP) is 3.87. The summed E-state index contributed by atoms with van der Waals surface area (Å²) in [6.07, 6.45) is 7.28. The molecule has 0 radical (unpaired) electrons. The van der Waals surface area contributed by atoms with E-state index in [9.17, 15) is 9.18 Å². The summed E-state index contributed by atoms with van der Waals surface area (Å²) >= 11 is 0. The third-order valence-electron chi connectivity index (χ3n) is 5.26. The molecule has 0 bridgehead atoms. The van der Waals surface area contributed by atoms with Gasteiger partial charge in [-0.25, -0.2) is 9.37 Å². The van der Waals surface area contributed by atoms with Crippen molar-refractivity contribution in [3.63, 3.8) is 0 Å². The predicted molar refractivity (Wildman–Crippen MR) is 104 cm³/mol. The van der Waals surface area contributed by atoms with Crippen molar-refractivity contribution in [1.29, 1.82) is 0 Å². The number of aromatic nitrogens is 4. The summed E-state index contributed by atoms with van der Waals surface area (Å²) in [7, 11) is 0. The second-order valence-electron chi connectivity index (χ2n) is 7.16. The van der Waals surface area contributed by atoms with Gasteiger partial charge in [-0.3, -0.25) is 9.48 Å². The summed E-state index contributed by atoms with van der Waals surface area (Å²) in [5.74, 6) is -0.414. The van der Waals surface area contributed by atoms with Gasteiger partial charge in [-0.15, -0.1) is 0 Å². The first-order chi connectivity index (χ1) is 13.5. The topological polar surface area (TPSA) is 55.4 Å². The van der Waals surface area contributed by atoms with E-state index >= 15 is 0 Å². The van der Waals surface area contributed by atoms with Gasteiger partial charge in [-0.1, -0.05) is 0 Å². The van der Waals surface area contributed by atoms with Crippen LogP contribution >= 0.6 is 0 Å². The highest BCUT2D eigenvalue weighted by molar-refractivity contribution is 6.09. The highest BCUT2D eigenvalue weighted by Gasteiger charge is 2.33. The first kappa shape index (κ1) is 16.7. The van der Waals surface area contributed by atoms with Crippen LogP contribution in [0.4, 0.5) is 10.1 Å². The van der Waals surface area contributed by atoms with E-state index in [0.29, 0.717) is 23.5 Å². The first-order valence-electron chi connectivity index (χ1n) is 9.11. The summed E-state index contributed by atoms with van der Waals surface area (Å²) in [6, 6.07) is 8.63. The molecule has 0 saturated heterocycles. The third-order valence-corrected chi connectivity index (χ3v) is 5.26. The van der Waals surface area contributed by atoms with Gasteiger partial charge in [-0.05, 0) is 49.7 Å². The lowest BCUT2D eigenvalue weighted by Crippen LogP contribution is -2.42. The van der Waals surface area contributed by atoms with E-state index < -0.39 is 0 Å². The zero-order chi connectivity index (χ0) is 19.4. The van der Waals surface area contributed by atoms with Crippen LogP contribution in [-0.4, -0.2) is 31.6 Å². The molecule has 6 nitrogen and oxygen atoms in total. The first-order valence-corrected chi connectivity index (χ1v) is 9.11. The molecule has 140 valence electrons. The summed E-state index contributed by atoms with van der Waals surface area (Å²) in [6.45, 7) is 4.21. The summed E-state index contributed by atoms with van der Waals surface area (Å²) < 4.78 is 17.4. The molecule has 0 aliphatic carbocycles. The normalized spacial score (nSPS) is 16.6. The lowest BCUT2D eigenvalue weighted by Gasteiger charge is -2.32. The summed E-state index contributed by atoms with van der Waals surface area (Å²) in [5.41, 5.74) is 4.26. The molecule has 7 heteroatoms. The molecule has 1 atom stereocenters. The monoisotopic (exact) mass is 375 g/mol. The Kier molecular flexibility index (Phi) is 3.58. The molecule has 4 heterocycles. The fourth-order valence-electron chi connectivity index (χ4n) is 3.77. The van der Waals surface area contributed by atoms with Crippen molar-refractivity contribution in [1.82, 2.24) is 19.2 Å². The van der Waals surface area contributed by atoms with Crippen LogP contribution in [0.15, 0.2) is 55.1 Å². The number of carbonyl (C=O) groups excluding carboxylic acids is 1. The molecule has 0 unspecified atom stereocenters. The Balaban J connectivity index is 1.62. The maximum absolute atomic E-state index is 13.7. The van der Waals surface area contributed by atoms with Crippen LogP contribution in [0, 0.1) is 12.7 Å². The molecule has 1 aliphatic heterocycles. The molecule has 0 fully saturated rings. The SMILES string of the molecule is Cc1cc(N2C[C@H](C)n3ncc(-c4ccc5nccn5c4)c3C2=O)ccc1F. The van der Waals surface area contributed by atoms with Gasteiger partial charge in [0.25, 0.3) is 5.91 Å². The minimum absolute atomic E-state index is 0.00350. The fourth-order valence-corrected chi connectivity index (χ4v) is 3.77. The number of halogens is 1. The average molecular weight is 375 g/mol. The zero-order valence-electron chi connectivity index (χ0n) is 15.5. The number of anilines is 1. The van der Waals surface area contributed by atoms with E-state index in [0.717, 1.165) is 16.8 Å². The van der Waals surface area contributed by atoms with Crippen LogP contribution in [0.3, 0.4) is 0 Å². The molecule has 5 rings (SSSR count). The largest absolute Gasteiger partial charge is 0.306 e. The number of amides is 1. The van der Waals surface area contributed by atoms with Gasteiger partial charge in [0.1, 0.15) is 17.2 Å². The van der Waals surface area contributed by atoms with Gasteiger partial charge >= 0.3 is 0 Å². The van der Waals surface area contributed by atoms with Gasteiger partial charge in [0.15, 0.2) is 0 Å². The van der Waals surface area contributed by atoms with E-state index in [1.54, 1.807) is 41.0 Å². The minimum Gasteiger partial charge on any atom is -0.306 e. The van der Waals surface area contributed by atoms with Gasteiger partial charge in [-0.2, -0.15) is 5.10 Å². The average Bonchev–Trinajstić information content (AvgIpc) is 3.33. The maximum Gasteiger partial charge on any atom is 0.277 e. The number of hydrogen-bond acceptors (Lipinski definition) is 3. The van der Waals surface area contributed by atoms with Crippen LogP contribution in [0.5, 0.6) is 0 Å². The number of carbonyl (C=O) groups is 1. The van der Waals surface area contributed by atoms with E-state index in [1.165, 1.54) is 6.07 Å². The van der Waals surface area contributed by atoms with Gasteiger partial charge in [0.05, 0.1) is 12.2 Å². The van der Waals surface area contributed by atoms with Crippen LogP contribution in [0.25, 0.3) is 16.8 Å². The number of aryl methyl sites for hydroxylation is 1. The zero-order valence-corrected chi connectivity index (χ0v) is 15.5. The molecule has 4 aromatic rings. The Hall–Kier alpha value is -3.48. The van der Waals surface area contributed by atoms with Crippen molar-refractivity contribution in [2.45, 2.75) is 19.9 Å². The van der Waals surface area contributed by atoms with E-state index in [2.05, 4.69) is 10.1 Å².